The molecule has 1 aliphatic heterocycles. The number of hydrogen-bond acceptors (Lipinski definition) is 3. The number of carboxylic acid groups (broad SMARTS) is 1. The van der Waals surface area contributed by atoms with Gasteiger partial charge in [0.25, 0.3) is 5.91 Å². The summed E-state index contributed by atoms with van der Waals surface area (Å²) in [7, 11) is 0. The van der Waals surface area contributed by atoms with Gasteiger partial charge in [-0.2, -0.15) is 5.10 Å². The summed E-state index contributed by atoms with van der Waals surface area (Å²) in [4.78, 5) is 25.5. The molecule has 0 radical (unpaired) electrons. The van der Waals surface area contributed by atoms with Crippen molar-refractivity contribution >= 4 is 11.9 Å². The van der Waals surface area contributed by atoms with Crippen LogP contribution in [0.4, 0.5) is 4.39 Å². The third-order valence-electron chi connectivity index (χ3n) is 4.79. The van der Waals surface area contributed by atoms with Gasteiger partial charge >= 0.3 is 5.97 Å². The van der Waals surface area contributed by atoms with Crippen LogP contribution in [0.15, 0.2) is 30.5 Å². The Bertz CT molecular complexity index is 818. The summed E-state index contributed by atoms with van der Waals surface area (Å²) in [6.45, 7) is 2.40. The van der Waals surface area contributed by atoms with Crippen LogP contribution in [0.5, 0.6) is 0 Å². The Morgan fingerprint density at radius 1 is 1.31 bits per heavy atom. The third kappa shape index (κ3) is 3.92. The molecule has 2 heterocycles. The Balaban J connectivity index is 1.78. The van der Waals surface area contributed by atoms with E-state index >= 15 is 0 Å². The zero-order valence-electron chi connectivity index (χ0n) is 14.7. The first-order valence-electron chi connectivity index (χ1n) is 8.80. The first-order valence-corrected chi connectivity index (χ1v) is 8.80. The molecule has 1 aromatic heterocycles. The van der Waals surface area contributed by atoms with Crippen LogP contribution in [0.1, 0.15) is 48.2 Å². The molecule has 26 heavy (non-hydrogen) atoms. The molecule has 1 fully saturated rings. The molecule has 1 unspecified atom stereocenters. The number of aliphatic carboxylic acids is 1. The van der Waals surface area contributed by atoms with Crippen molar-refractivity contribution in [2.24, 2.45) is 0 Å². The van der Waals surface area contributed by atoms with Crippen molar-refractivity contribution in [3.8, 4) is 5.69 Å². The van der Waals surface area contributed by atoms with E-state index in [1.54, 1.807) is 34.8 Å². The summed E-state index contributed by atoms with van der Waals surface area (Å²) in [5.74, 6) is -1.35. The molecule has 6 nitrogen and oxygen atoms in total. The maximum atomic E-state index is 13.3. The van der Waals surface area contributed by atoms with Crippen LogP contribution in [0.3, 0.4) is 0 Å². The molecule has 0 spiro atoms. The number of likely N-dealkylation sites (tertiary alicyclic amines) is 1. The minimum Gasteiger partial charge on any atom is -0.481 e. The van der Waals surface area contributed by atoms with Crippen LogP contribution in [0, 0.1) is 12.7 Å². The van der Waals surface area contributed by atoms with E-state index in [0.29, 0.717) is 24.3 Å². The fraction of sp³-hybridized carbons (Fsp3) is 0.421. The summed E-state index contributed by atoms with van der Waals surface area (Å²) >= 11 is 0. The normalized spacial score (nSPS) is 17.3. The van der Waals surface area contributed by atoms with E-state index in [1.807, 2.05) is 0 Å². The van der Waals surface area contributed by atoms with Crippen LogP contribution in [-0.4, -0.2) is 44.3 Å². The molecule has 0 saturated carbocycles. The van der Waals surface area contributed by atoms with Gasteiger partial charge in [-0.25, -0.2) is 9.07 Å². The Hall–Kier alpha value is -2.70. The number of amides is 1. The predicted molar refractivity (Wildman–Crippen MR) is 93.8 cm³/mol. The molecular formula is C19H22FN3O3. The van der Waals surface area contributed by atoms with Gasteiger partial charge in [0.05, 0.1) is 5.69 Å². The number of aryl methyl sites for hydroxylation is 1. The summed E-state index contributed by atoms with van der Waals surface area (Å²) in [6.07, 6.45) is 4.92. The topological polar surface area (TPSA) is 75.4 Å². The summed E-state index contributed by atoms with van der Waals surface area (Å²) in [5, 5.41) is 13.3. The van der Waals surface area contributed by atoms with Gasteiger partial charge in [0.2, 0.25) is 0 Å². The van der Waals surface area contributed by atoms with Crippen molar-refractivity contribution < 1.29 is 19.1 Å². The zero-order valence-corrected chi connectivity index (χ0v) is 14.7. The number of piperidine rings is 1. The number of benzene rings is 1. The van der Waals surface area contributed by atoms with Crippen molar-refractivity contribution in [3.05, 3.63) is 47.5 Å². The lowest BCUT2D eigenvalue weighted by Gasteiger charge is -2.35. The SMILES string of the molecule is Cc1cc(F)ccc1-n1ccc(C(=O)N2CCCCC2CCC(=O)O)n1. The van der Waals surface area contributed by atoms with E-state index in [-0.39, 0.29) is 24.2 Å². The second kappa shape index (κ2) is 7.68. The van der Waals surface area contributed by atoms with E-state index in [1.165, 1.54) is 12.1 Å². The molecule has 3 rings (SSSR count). The number of hydrogen-bond donors (Lipinski definition) is 1. The van der Waals surface area contributed by atoms with Crippen molar-refractivity contribution in [2.75, 3.05) is 6.54 Å². The lowest BCUT2D eigenvalue weighted by atomic mass is 9.97. The molecule has 7 heteroatoms. The fourth-order valence-corrected chi connectivity index (χ4v) is 3.45. The molecule has 1 N–H and O–H groups in total. The van der Waals surface area contributed by atoms with Gasteiger partial charge in [0.1, 0.15) is 5.82 Å². The number of rotatable bonds is 5. The third-order valence-corrected chi connectivity index (χ3v) is 4.79. The molecule has 1 atom stereocenters. The average molecular weight is 359 g/mol. The molecule has 1 aromatic carbocycles. The van der Waals surface area contributed by atoms with Gasteiger partial charge in [-0.1, -0.05) is 0 Å². The largest absolute Gasteiger partial charge is 0.481 e. The van der Waals surface area contributed by atoms with E-state index in [4.69, 9.17) is 5.11 Å². The highest BCUT2D eigenvalue weighted by Crippen LogP contribution is 2.23. The van der Waals surface area contributed by atoms with Crippen LogP contribution in [0.25, 0.3) is 5.69 Å². The number of nitrogens with zero attached hydrogens (tertiary/aromatic N) is 3. The predicted octanol–water partition coefficient (Wildman–Crippen LogP) is 3.18. The average Bonchev–Trinajstić information content (AvgIpc) is 3.09. The van der Waals surface area contributed by atoms with Crippen molar-refractivity contribution in [3.63, 3.8) is 0 Å². The van der Waals surface area contributed by atoms with E-state index in [2.05, 4.69) is 5.10 Å². The molecule has 0 bridgehead atoms. The van der Waals surface area contributed by atoms with E-state index in [9.17, 15) is 14.0 Å². The summed E-state index contributed by atoms with van der Waals surface area (Å²) < 4.78 is 14.8. The van der Waals surface area contributed by atoms with Gasteiger partial charge < -0.3 is 10.0 Å². The number of carbonyl (C=O) groups excluding carboxylic acids is 1. The monoisotopic (exact) mass is 359 g/mol. The van der Waals surface area contributed by atoms with Gasteiger partial charge in [-0.3, -0.25) is 9.59 Å². The van der Waals surface area contributed by atoms with Gasteiger partial charge in [0.15, 0.2) is 5.69 Å². The molecule has 1 amide bonds. The molecule has 0 aliphatic carbocycles. The maximum absolute atomic E-state index is 13.3. The standard InChI is InChI=1S/C19H22FN3O3/c1-13-12-14(20)5-7-17(13)23-11-9-16(21-23)19(26)22-10-3-2-4-15(22)6-8-18(24)25/h5,7,9,11-12,15H,2-4,6,8,10H2,1H3,(H,24,25). The summed E-state index contributed by atoms with van der Waals surface area (Å²) in [6, 6.07) is 5.99. The molecule has 2 aromatic rings. The fourth-order valence-electron chi connectivity index (χ4n) is 3.45. The number of carbonyl (C=O) groups is 2. The lowest BCUT2D eigenvalue weighted by molar-refractivity contribution is -0.137. The first kappa shape index (κ1) is 18.1. The molecule has 1 saturated heterocycles. The van der Waals surface area contributed by atoms with Crippen LogP contribution < -0.4 is 0 Å². The maximum Gasteiger partial charge on any atom is 0.303 e. The Morgan fingerprint density at radius 2 is 2.12 bits per heavy atom. The highest BCUT2D eigenvalue weighted by atomic mass is 19.1. The zero-order chi connectivity index (χ0) is 18.7. The van der Waals surface area contributed by atoms with Crippen LogP contribution in [0.2, 0.25) is 0 Å². The van der Waals surface area contributed by atoms with Crippen LogP contribution in [-0.2, 0) is 4.79 Å². The highest BCUT2D eigenvalue weighted by molar-refractivity contribution is 5.92. The quantitative estimate of drug-likeness (QED) is 0.890. The second-order valence-corrected chi connectivity index (χ2v) is 6.66. The smallest absolute Gasteiger partial charge is 0.303 e. The minimum absolute atomic E-state index is 0.0532. The Labute approximate surface area is 151 Å². The number of aromatic nitrogens is 2. The van der Waals surface area contributed by atoms with Gasteiger partial charge in [-0.15, -0.1) is 0 Å². The molecule has 138 valence electrons. The molecular weight excluding hydrogens is 337 g/mol. The Kier molecular flexibility index (Phi) is 5.35. The number of halogens is 1. The van der Waals surface area contributed by atoms with Crippen LogP contribution >= 0.6 is 0 Å². The van der Waals surface area contributed by atoms with E-state index in [0.717, 1.165) is 24.8 Å². The summed E-state index contributed by atoms with van der Waals surface area (Å²) in [5.41, 5.74) is 1.76. The highest BCUT2D eigenvalue weighted by Gasteiger charge is 2.29. The van der Waals surface area contributed by atoms with Crippen molar-refractivity contribution in [1.82, 2.24) is 14.7 Å². The minimum atomic E-state index is -0.848. The number of carboxylic acids is 1. The molecule has 1 aliphatic rings. The first-order chi connectivity index (χ1) is 12.5. The van der Waals surface area contributed by atoms with Gasteiger partial charge in [0, 0.05) is 25.2 Å². The van der Waals surface area contributed by atoms with Crippen molar-refractivity contribution in [1.29, 1.82) is 0 Å². The van der Waals surface area contributed by atoms with E-state index < -0.39 is 5.97 Å². The van der Waals surface area contributed by atoms with Gasteiger partial charge in [-0.05, 0) is 62.4 Å². The lowest BCUT2D eigenvalue weighted by Crippen LogP contribution is -2.44. The van der Waals surface area contributed by atoms with Crippen molar-refractivity contribution in [2.45, 2.75) is 45.1 Å². The Morgan fingerprint density at radius 3 is 2.85 bits per heavy atom. The second-order valence-electron chi connectivity index (χ2n) is 6.66.